The highest BCUT2D eigenvalue weighted by Crippen LogP contribution is 1.97. The van der Waals surface area contributed by atoms with E-state index in [9.17, 15) is 4.79 Å². The number of rotatable bonds is 4. The van der Waals surface area contributed by atoms with E-state index in [0.29, 0.717) is 0 Å². The number of aliphatic hydroxyl groups is 2. The van der Waals surface area contributed by atoms with Crippen LogP contribution in [0.25, 0.3) is 0 Å². The molecule has 0 radical (unpaired) electrons. The van der Waals surface area contributed by atoms with Crippen LogP contribution in [0.5, 0.6) is 0 Å². The number of ketones is 1. The molecule has 1 unspecified atom stereocenters. The van der Waals surface area contributed by atoms with E-state index in [2.05, 4.69) is 4.74 Å². The number of ether oxygens (including phenoxy) is 1. The number of carbonyl (C=O) groups excluding carboxylic acids is 1. The Morgan fingerprint density at radius 2 is 1.94 bits per heavy atom. The smallest absolute Gasteiger partial charge is 0.159 e. The molecule has 1 rings (SSSR count). The minimum absolute atomic E-state index is 0.121. The van der Waals surface area contributed by atoms with E-state index in [-0.39, 0.29) is 19.0 Å². The largest absolute Gasteiger partial charge is 0.394 e. The summed E-state index contributed by atoms with van der Waals surface area (Å²) in [5.74, 6) is 0.121. The van der Waals surface area contributed by atoms with Crippen LogP contribution in [0.15, 0.2) is 30.3 Å². The van der Waals surface area contributed by atoms with E-state index in [1.54, 1.807) is 6.92 Å². The molecule has 0 bridgehead atoms. The lowest BCUT2D eigenvalue weighted by atomic mass is 10.2. The molecule has 4 nitrogen and oxygen atoms in total. The Hall–Kier alpha value is -1.23. The van der Waals surface area contributed by atoms with E-state index >= 15 is 0 Å². The molecule has 0 aliphatic carbocycles. The second-order valence-electron chi connectivity index (χ2n) is 3.21. The number of Topliss-reactive ketones (excluding diaryl/α,β-unsaturated/α-hetero) is 1. The van der Waals surface area contributed by atoms with Gasteiger partial charge in [0.05, 0.1) is 13.2 Å². The highest BCUT2D eigenvalue weighted by molar-refractivity contribution is 5.93. The molecule has 0 heterocycles. The van der Waals surface area contributed by atoms with Crippen molar-refractivity contribution < 1.29 is 19.7 Å². The molecule has 0 spiro atoms. The van der Waals surface area contributed by atoms with E-state index in [0.717, 1.165) is 5.56 Å². The summed E-state index contributed by atoms with van der Waals surface area (Å²) in [5.41, 5.74) is 0.775. The molecule has 0 aliphatic rings. The van der Waals surface area contributed by atoms with Crippen molar-refractivity contribution in [1.82, 2.24) is 0 Å². The monoisotopic (exact) mass is 226 g/mol. The third-order valence-corrected chi connectivity index (χ3v) is 1.75. The van der Waals surface area contributed by atoms with Crippen LogP contribution in [0.3, 0.4) is 0 Å². The topological polar surface area (TPSA) is 66.8 Å². The molecule has 0 fully saturated rings. The van der Waals surface area contributed by atoms with Crippen LogP contribution in [0.1, 0.15) is 17.3 Å². The van der Waals surface area contributed by atoms with Crippen molar-refractivity contribution in [3.05, 3.63) is 35.9 Å². The highest BCUT2D eigenvalue weighted by Gasteiger charge is 1.96. The second kappa shape index (κ2) is 9.03. The Kier molecular flexibility index (Phi) is 8.34. The molecule has 1 atom stereocenters. The number of carbonyl (C=O) groups is 1. The standard InChI is InChI=1S/C8H8O.C4H10O3/c1-7(9)8-5-3-2-4-6-8;1-7-3-4(6)2-5/h2-6H,1H3;4-6H,2-3H2,1H3. The minimum Gasteiger partial charge on any atom is -0.394 e. The van der Waals surface area contributed by atoms with E-state index in [1.165, 1.54) is 7.11 Å². The summed E-state index contributed by atoms with van der Waals surface area (Å²) in [6.45, 7) is 1.54. The van der Waals surface area contributed by atoms with Gasteiger partial charge in [-0.15, -0.1) is 0 Å². The van der Waals surface area contributed by atoms with Gasteiger partial charge >= 0.3 is 0 Å². The molecule has 0 amide bonds. The number of methoxy groups -OCH3 is 1. The molecule has 0 saturated carbocycles. The van der Waals surface area contributed by atoms with Gasteiger partial charge in [-0.1, -0.05) is 30.3 Å². The number of aliphatic hydroxyl groups excluding tert-OH is 2. The lowest BCUT2D eigenvalue weighted by Gasteiger charge is -2.01. The zero-order chi connectivity index (χ0) is 12.4. The fourth-order valence-electron chi connectivity index (χ4n) is 0.918. The molecule has 0 aliphatic heterocycles. The molecule has 0 saturated heterocycles. The normalized spacial score (nSPS) is 11.2. The summed E-state index contributed by atoms with van der Waals surface area (Å²) in [4.78, 5) is 10.6. The maximum Gasteiger partial charge on any atom is 0.159 e. The molecule has 1 aromatic carbocycles. The second-order valence-corrected chi connectivity index (χ2v) is 3.21. The van der Waals surface area contributed by atoms with Crippen molar-refractivity contribution in [2.24, 2.45) is 0 Å². The van der Waals surface area contributed by atoms with Crippen LogP contribution in [0, 0.1) is 0 Å². The molecule has 90 valence electrons. The summed E-state index contributed by atoms with van der Waals surface area (Å²) in [6, 6.07) is 9.23. The van der Waals surface area contributed by atoms with Crippen molar-refractivity contribution in [3.8, 4) is 0 Å². The Morgan fingerprint density at radius 3 is 2.19 bits per heavy atom. The Balaban J connectivity index is 0.000000293. The molecule has 2 N–H and O–H groups in total. The Bertz CT molecular complexity index is 284. The van der Waals surface area contributed by atoms with Gasteiger partial charge in [-0.2, -0.15) is 0 Å². The van der Waals surface area contributed by atoms with Gasteiger partial charge in [-0.3, -0.25) is 4.79 Å². The highest BCUT2D eigenvalue weighted by atomic mass is 16.5. The number of hydrogen-bond donors (Lipinski definition) is 2. The van der Waals surface area contributed by atoms with E-state index < -0.39 is 6.10 Å². The molecule has 16 heavy (non-hydrogen) atoms. The Morgan fingerprint density at radius 1 is 1.38 bits per heavy atom. The average molecular weight is 226 g/mol. The summed E-state index contributed by atoms with van der Waals surface area (Å²) >= 11 is 0. The van der Waals surface area contributed by atoms with Gasteiger partial charge in [-0.25, -0.2) is 0 Å². The predicted octanol–water partition coefficient (Wildman–Crippen LogP) is 0.875. The van der Waals surface area contributed by atoms with Crippen molar-refractivity contribution in [2.45, 2.75) is 13.0 Å². The minimum atomic E-state index is -0.718. The SMILES string of the molecule is CC(=O)c1ccccc1.COCC(O)CO. The molecular weight excluding hydrogens is 208 g/mol. The quantitative estimate of drug-likeness (QED) is 0.748. The Labute approximate surface area is 95.5 Å². The maximum absolute atomic E-state index is 10.6. The van der Waals surface area contributed by atoms with Crippen LogP contribution in [0.2, 0.25) is 0 Å². The van der Waals surface area contributed by atoms with Gasteiger partial charge in [-0.05, 0) is 6.92 Å². The van der Waals surface area contributed by atoms with Gasteiger partial charge in [0.25, 0.3) is 0 Å². The third-order valence-electron chi connectivity index (χ3n) is 1.75. The van der Waals surface area contributed by atoms with Crippen LogP contribution < -0.4 is 0 Å². The first kappa shape index (κ1) is 14.8. The van der Waals surface area contributed by atoms with Crippen molar-refractivity contribution in [2.75, 3.05) is 20.3 Å². The predicted molar refractivity (Wildman–Crippen MR) is 61.4 cm³/mol. The van der Waals surface area contributed by atoms with Crippen molar-refractivity contribution in [3.63, 3.8) is 0 Å². The first-order chi connectivity index (χ1) is 7.61. The lowest BCUT2D eigenvalue weighted by Crippen LogP contribution is -2.17. The van der Waals surface area contributed by atoms with Gasteiger partial charge in [0.2, 0.25) is 0 Å². The van der Waals surface area contributed by atoms with Gasteiger partial charge in [0.15, 0.2) is 5.78 Å². The van der Waals surface area contributed by atoms with Crippen LogP contribution in [0.4, 0.5) is 0 Å². The fourth-order valence-corrected chi connectivity index (χ4v) is 0.918. The fraction of sp³-hybridized carbons (Fsp3) is 0.417. The van der Waals surface area contributed by atoms with E-state index in [4.69, 9.17) is 10.2 Å². The molecule has 1 aromatic rings. The van der Waals surface area contributed by atoms with Crippen molar-refractivity contribution in [1.29, 1.82) is 0 Å². The summed E-state index contributed by atoms with van der Waals surface area (Å²) < 4.78 is 4.48. The molecule has 0 aromatic heterocycles. The maximum atomic E-state index is 10.6. The number of hydrogen-bond acceptors (Lipinski definition) is 4. The van der Waals surface area contributed by atoms with Gasteiger partial charge in [0.1, 0.15) is 6.10 Å². The average Bonchev–Trinajstić information content (AvgIpc) is 2.31. The lowest BCUT2D eigenvalue weighted by molar-refractivity contribution is 0.0254. The summed E-state index contributed by atoms with van der Waals surface area (Å²) in [6.07, 6.45) is -0.718. The van der Waals surface area contributed by atoms with Crippen LogP contribution in [-0.2, 0) is 4.74 Å². The van der Waals surface area contributed by atoms with Crippen molar-refractivity contribution >= 4 is 5.78 Å². The van der Waals surface area contributed by atoms with Crippen LogP contribution in [-0.4, -0.2) is 42.4 Å². The van der Waals surface area contributed by atoms with Gasteiger partial charge < -0.3 is 14.9 Å². The molecule has 4 heteroatoms. The third kappa shape index (κ3) is 7.11. The van der Waals surface area contributed by atoms with E-state index in [1.807, 2.05) is 30.3 Å². The van der Waals surface area contributed by atoms with Gasteiger partial charge in [0, 0.05) is 12.7 Å². The molecular formula is C12H18O4. The summed E-state index contributed by atoms with van der Waals surface area (Å²) in [7, 11) is 1.47. The zero-order valence-electron chi connectivity index (χ0n) is 9.59. The first-order valence-corrected chi connectivity index (χ1v) is 4.95. The van der Waals surface area contributed by atoms with Crippen LogP contribution >= 0.6 is 0 Å². The zero-order valence-corrected chi connectivity index (χ0v) is 9.59. The first-order valence-electron chi connectivity index (χ1n) is 4.95. The summed E-state index contributed by atoms with van der Waals surface area (Å²) in [5, 5.41) is 16.6. The number of benzene rings is 1.